The molecule has 2 N–H and O–H groups in total. The summed E-state index contributed by atoms with van der Waals surface area (Å²) >= 11 is 1.64. The molecular weight excluding hydrogens is 546 g/mol. The second kappa shape index (κ2) is 11.5. The molecule has 31 heavy (non-hydrogen) atoms. The lowest BCUT2D eigenvalue weighted by Crippen LogP contribution is -3.00. The number of hydrogen-bond donors (Lipinski definition) is 1. The van der Waals surface area contributed by atoms with Gasteiger partial charge in [-0.05, 0) is 42.9 Å². The minimum absolute atomic E-state index is 0. The van der Waals surface area contributed by atoms with Crippen LogP contribution in [0.3, 0.4) is 0 Å². The fraction of sp³-hybridized carbons (Fsp3) is 0.105. The van der Waals surface area contributed by atoms with E-state index in [9.17, 15) is 0 Å². The molecule has 0 radical (unpaired) electrons. The predicted octanol–water partition coefficient (Wildman–Crippen LogP) is -4.09. The molecule has 0 saturated carbocycles. The molecule has 5 rings (SSSR count). The van der Waals surface area contributed by atoms with Crippen molar-refractivity contribution in [1.29, 1.82) is 0 Å². The van der Waals surface area contributed by atoms with Crippen LogP contribution in [0.15, 0.2) is 67.0 Å². The van der Waals surface area contributed by atoms with E-state index in [2.05, 4.69) is 37.9 Å². The highest BCUT2D eigenvalue weighted by Gasteiger charge is 2.26. The summed E-state index contributed by atoms with van der Waals surface area (Å²) in [5, 5.41) is 21.2. The molecule has 9 nitrogen and oxygen atoms in total. The van der Waals surface area contributed by atoms with Crippen LogP contribution in [0.2, 0.25) is 0 Å². The fourth-order valence-electron chi connectivity index (χ4n) is 2.61. The van der Waals surface area contributed by atoms with Crippen molar-refractivity contribution >= 4 is 11.3 Å². The van der Waals surface area contributed by atoms with Crippen LogP contribution in [0.25, 0.3) is 22.2 Å². The molecule has 0 bridgehead atoms. The largest absolute Gasteiger partial charge is 1.00 e. The number of aromatic nitrogens is 9. The zero-order valence-electron chi connectivity index (χ0n) is 16.6. The van der Waals surface area contributed by atoms with Gasteiger partial charge in [-0.1, -0.05) is 57.6 Å². The van der Waals surface area contributed by atoms with Gasteiger partial charge in [0.05, 0.1) is 5.10 Å². The Morgan fingerprint density at radius 2 is 1.65 bits per heavy atom. The van der Waals surface area contributed by atoms with Gasteiger partial charge in [-0.2, -0.15) is 5.10 Å². The van der Waals surface area contributed by atoms with Crippen LogP contribution < -0.4 is 43.7 Å². The lowest BCUT2D eigenvalue weighted by atomic mass is 10.2. The Labute approximate surface area is 203 Å². The first-order valence-corrected chi connectivity index (χ1v) is 9.71. The van der Waals surface area contributed by atoms with Crippen LogP contribution in [-0.2, 0) is 0 Å². The number of halogens is 2. The highest BCUT2D eigenvalue weighted by atomic mass is 79.9. The van der Waals surface area contributed by atoms with Crippen molar-refractivity contribution in [2.24, 2.45) is 0 Å². The molecule has 12 heteroatoms. The number of aromatic amines is 2. The summed E-state index contributed by atoms with van der Waals surface area (Å²) in [4.78, 5) is 7.69. The number of thiazole rings is 1. The van der Waals surface area contributed by atoms with Crippen molar-refractivity contribution < 1.29 is 43.7 Å². The SMILES string of the molecule is Cc1nc(-[n+]2c(-c3ccccc3)nnn2-c2ccccc2)sc1C.[Br-].[Br-].c1nn[nH][nH+]1. The molecule has 0 amide bonds. The predicted molar refractivity (Wildman–Crippen MR) is 106 cm³/mol. The Hall–Kier alpha value is -2.83. The fourth-order valence-corrected chi connectivity index (χ4v) is 3.51. The number of H-pyrrole nitrogens is 2. The van der Waals surface area contributed by atoms with E-state index >= 15 is 0 Å². The number of rotatable bonds is 3. The number of tetrazole rings is 2. The average molecular weight is 565 g/mol. The van der Waals surface area contributed by atoms with Crippen LogP contribution in [-0.4, -0.2) is 35.6 Å². The summed E-state index contributed by atoms with van der Waals surface area (Å²) in [5.41, 5.74) is 2.98. The van der Waals surface area contributed by atoms with E-state index < -0.39 is 0 Å². The maximum atomic E-state index is 4.71. The van der Waals surface area contributed by atoms with Gasteiger partial charge in [0.1, 0.15) is 21.7 Å². The topological polar surface area (TPSA) is 103 Å². The molecule has 0 spiro atoms. The van der Waals surface area contributed by atoms with Gasteiger partial charge in [0, 0.05) is 10.4 Å². The van der Waals surface area contributed by atoms with Crippen LogP contribution in [0.5, 0.6) is 0 Å². The van der Waals surface area contributed by atoms with E-state index in [-0.39, 0.29) is 34.0 Å². The normalized spacial score (nSPS) is 9.74. The number of aryl methyl sites for hydroxylation is 2. The van der Waals surface area contributed by atoms with E-state index in [0.717, 1.165) is 27.9 Å². The van der Waals surface area contributed by atoms with E-state index in [1.807, 2.05) is 72.3 Å². The number of para-hydroxylation sites is 1. The molecule has 0 unspecified atom stereocenters. The molecule has 0 aliphatic heterocycles. The Balaban J connectivity index is 0.000000432. The molecule has 5 aromatic rings. The minimum Gasteiger partial charge on any atom is -1.00 e. The molecular formula is C19H19Br2N9S. The summed E-state index contributed by atoms with van der Waals surface area (Å²) in [6.07, 6.45) is 1.46. The maximum Gasteiger partial charge on any atom is 0.313 e. The van der Waals surface area contributed by atoms with Crippen molar-refractivity contribution in [3.63, 3.8) is 0 Å². The third kappa shape index (κ3) is 5.66. The molecule has 3 heterocycles. The molecule has 2 aromatic carbocycles. The highest BCUT2D eigenvalue weighted by Crippen LogP contribution is 2.20. The zero-order valence-corrected chi connectivity index (χ0v) is 20.6. The molecule has 160 valence electrons. The third-order valence-electron chi connectivity index (χ3n) is 4.13. The van der Waals surface area contributed by atoms with Gasteiger partial charge in [0.2, 0.25) is 0 Å². The van der Waals surface area contributed by atoms with Gasteiger partial charge in [0.15, 0.2) is 5.21 Å². The van der Waals surface area contributed by atoms with E-state index in [0.29, 0.717) is 0 Å². The average Bonchev–Trinajstić information content (AvgIpc) is 3.52. The number of hydrogen-bond acceptors (Lipinski definition) is 6. The van der Waals surface area contributed by atoms with Crippen LogP contribution in [0.4, 0.5) is 0 Å². The van der Waals surface area contributed by atoms with Crippen molar-refractivity contribution in [1.82, 2.24) is 35.6 Å². The second-order valence-corrected chi connectivity index (χ2v) is 7.24. The minimum atomic E-state index is 0. The second-order valence-electron chi connectivity index (χ2n) is 6.05. The van der Waals surface area contributed by atoms with E-state index in [1.54, 1.807) is 16.1 Å². The van der Waals surface area contributed by atoms with Crippen LogP contribution >= 0.6 is 11.3 Å². The summed E-state index contributed by atoms with van der Waals surface area (Å²) in [6, 6.07) is 20.0. The van der Waals surface area contributed by atoms with Gasteiger partial charge in [-0.3, -0.25) is 0 Å². The van der Waals surface area contributed by atoms with Crippen molar-refractivity contribution in [3.8, 4) is 22.2 Å². The Morgan fingerprint density at radius 3 is 2.16 bits per heavy atom. The smallest absolute Gasteiger partial charge is 0.313 e. The monoisotopic (exact) mass is 563 g/mol. The van der Waals surface area contributed by atoms with E-state index in [4.69, 9.17) is 4.98 Å². The van der Waals surface area contributed by atoms with Crippen molar-refractivity contribution in [2.45, 2.75) is 13.8 Å². The molecule has 0 saturated heterocycles. The summed E-state index contributed by atoms with van der Waals surface area (Å²) in [6.45, 7) is 4.10. The summed E-state index contributed by atoms with van der Waals surface area (Å²) in [7, 11) is 0. The number of nitrogens with one attached hydrogen (secondary N) is 2. The quantitative estimate of drug-likeness (QED) is 0.224. The molecule has 0 atom stereocenters. The summed E-state index contributed by atoms with van der Waals surface area (Å²) < 4.78 is 1.97. The highest BCUT2D eigenvalue weighted by molar-refractivity contribution is 7.13. The van der Waals surface area contributed by atoms with Crippen LogP contribution in [0, 0.1) is 13.8 Å². The van der Waals surface area contributed by atoms with Crippen molar-refractivity contribution in [3.05, 3.63) is 77.6 Å². The van der Waals surface area contributed by atoms with Crippen LogP contribution in [0.1, 0.15) is 10.6 Å². The van der Waals surface area contributed by atoms with Crippen molar-refractivity contribution in [2.75, 3.05) is 0 Å². The van der Waals surface area contributed by atoms with Gasteiger partial charge >= 0.3 is 11.0 Å². The maximum absolute atomic E-state index is 4.71. The number of benzene rings is 2. The van der Waals surface area contributed by atoms with E-state index in [1.165, 1.54) is 11.2 Å². The Kier molecular flexibility index (Phi) is 9.09. The lowest BCUT2D eigenvalue weighted by molar-refractivity contribution is -0.669. The Bertz CT molecular complexity index is 1080. The van der Waals surface area contributed by atoms with Gasteiger partial charge in [-0.15, -0.1) is 4.98 Å². The van der Waals surface area contributed by atoms with Gasteiger partial charge in [0.25, 0.3) is 6.33 Å². The first-order valence-electron chi connectivity index (χ1n) is 8.89. The van der Waals surface area contributed by atoms with Gasteiger partial charge < -0.3 is 34.0 Å². The molecule has 0 fully saturated rings. The molecule has 3 aromatic heterocycles. The molecule has 0 aliphatic carbocycles. The molecule has 0 aliphatic rings. The first-order chi connectivity index (χ1) is 14.2. The summed E-state index contributed by atoms with van der Waals surface area (Å²) in [5.74, 6) is 0.771. The number of nitrogens with zero attached hydrogens (tertiary/aromatic N) is 7. The Morgan fingerprint density at radius 1 is 0.968 bits per heavy atom. The third-order valence-corrected chi connectivity index (χ3v) is 5.17. The standard InChI is InChI=1S/C18H16N5S.CH2N4.2BrH/c1-13-14(2)24-18(19-13)22-17(15-9-5-3-6-10-15)20-21-23(22)16-11-7-4-8-12-16;1-2-4-5-3-1;;/h3-12H,1-2H3;1H,(H,2,3,4,5);2*1H/q+1;;;/p-1. The van der Waals surface area contributed by atoms with Gasteiger partial charge in [-0.25, -0.2) is 0 Å². The first kappa shape index (κ1) is 24.4. The zero-order chi connectivity index (χ0) is 20.1. The lowest BCUT2D eigenvalue weighted by Gasteiger charge is -2.02.